The van der Waals surface area contributed by atoms with Crippen LogP contribution < -0.4 is 5.32 Å². The average molecular weight is 254 g/mol. The van der Waals surface area contributed by atoms with Crippen molar-refractivity contribution >= 4 is 17.7 Å². The molecule has 17 heavy (non-hydrogen) atoms. The highest BCUT2D eigenvalue weighted by Gasteiger charge is 2.42. The summed E-state index contributed by atoms with van der Waals surface area (Å²) < 4.78 is 0. The number of nitrogens with one attached hydrogen (secondary N) is 1. The molecule has 0 aromatic carbocycles. The Kier molecular flexibility index (Phi) is 4.88. The minimum atomic E-state index is -0.654. The molecule has 0 radical (unpaired) electrons. The Hall–Kier alpha value is -0.690. The van der Waals surface area contributed by atoms with E-state index in [1.807, 2.05) is 6.92 Å². The summed E-state index contributed by atoms with van der Waals surface area (Å²) in [6, 6.07) is 2.24. The number of carbonyl (C=O) groups is 1. The van der Waals surface area contributed by atoms with E-state index in [2.05, 4.69) is 32.2 Å². The molecule has 96 valence electrons. The van der Waals surface area contributed by atoms with E-state index in [0.29, 0.717) is 22.8 Å². The van der Waals surface area contributed by atoms with Gasteiger partial charge in [0.05, 0.1) is 11.8 Å². The molecule has 4 heteroatoms. The SMILES string of the molecule is CC(C)[C@H](C)SCC(=O)N[C@](C)(C#N)C1CC1. The number of hydrogen-bond donors (Lipinski definition) is 1. The van der Waals surface area contributed by atoms with E-state index in [0.717, 1.165) is 12.8 Å². The van der Waals surface area contributed by atoms with Crippen molar-refractivity contribution in [3.05, 3.63) is 0 Å². The topological polar surface area (TPSA) is 52.9 Å². The van der Waals surface area contributed by atoms with Crippen molar-refractivity contribution in [1.29, 1.82) is 5.26 Å². The van der Waals surface area contributed by atoms with Gasteiger partial charge in [-0.1, -0.05) is 20.8 Å². The van der Waals surface area contributed by atoms with Crippen LogP contribution in [0.3, 0.4) is 0 Å². The van der Waals surface area contributed by atoms with Crippen molar-refractivity contribution in [2.45, 2.75) is 51.3 Å². The van der Waals surface area contributed by atoms with E-state index in [4.69, 9.17) is 5.26 Å². The van der Waals surface area contributed by atoms with Gasteiger partial charge in [-0.3, -0.25) is 4.79 Å². The molecule has 1 amide bonds. The molecule has 0 spiro atoms. The summed E-state index contributed by atoms with van der Waals surface area (Å²) in [5.74, 6) is 1.35. The second kappa shape index (κ2) is 5.77. The first-order valence-corrected chi connectivity index (χ1v) is 7.27. The lowest BCUT2D eigenvalue weighted by Gasteiger charge is -2.23. The molecule has 0 bridgehead atoms. The van der Waals surface area contributed by atoms with Crippen LogP contribution in [0.15, 0.2) is 0 Å². The van der Waals surface area contributed by atoms with Crippen molar-refractivity contribution < 1.29 is 4.79 Å². The number of nitrogens with zero attached hydrogens (tertiary/aromatic N) is 1. The van der Waals surface area contributed by atoms with Crippen LogP contribution in [-0.2, 0) is 4.79 Å². The third-order valence-corrected chi connectivity index (χ3v) is 4.94. The van der Waals surface area contributed by atoms with Gasteiger partial charge in [0.1, 0.15) is 5.54 Å². The molecule has 0 heterocycles. The van der Waals surface area contributed by atoms with E-state index in [1.165, 1.54) is 0 Å². The summed E-state index contributed by atoms with van der Waals surface area (Å²) in [5, 5.41) is 12.5. The Morgan fingerprint density at radius 2 is 2.12 bits per heavy atom. The zero-order chi connectivity index (χ0) is 13.1. The second-order valence-corrected chi connectivity index (χ2v) is 6.76. The monoisotopic (exact) mass is 254 g/mol. The molecule has 3 nitrogen and oxygen atoms in total. The normalized spacial score (nSPS) is 20.5. The molecule has 1 rings (SSSR count). The van der Waals surface area contributed by atoms with Crippen LogP contribution >= 0.6 is 11.8 Å². The number of rotatable bonds is 6. The van der Waals surface area contributed by atoms with Crippen LogP contribution in [0.4, 0.5) is 0 Å². The molecule has 0 aliphatic heterocycles. The van der Waals surface area contributed by atoms with Gasteiger partial charge in [0.25, 0.3) is 0 Å². The molecule has 0 saturated heterocycles. The quantitative estimate of drug-likeness (QED) is 0.792. The third-order valence-electron chi connectivity index (χ3n) is 3.44. The predicted octanol–water partition coefficient (Wildman–Crippen LogP) is 2.57. The van der Waals surface area contributed by atoms with Gasteiger partial charge in [-0.05, 0) is 31.6 Å². The summed E-state index contributed by atoms with van der Waals surface area (Å²) >= 11 is 1.65. The Morgan fingerprint density at radius 3 is 2.53 bits per heavy atom. The minimum absolute atomic E-state index is 0.0153. The maximum Gasteiger partial charge on any atom is 0.231 e. The van der Waals surface area contributed by atoms with Gasteiger partial charge in [-0.25, -0.2) is 0 Å². The molecule has 1 N–H and O–H groups in total. The predicted molar refractivity (Wildman–Crippen MR) is 71.6 cm³/mol. The number of carbonyl (C=O) groups excluding carboxylic acids is 1. The largest absolute Gasteiger partial charge is 0.337 e. The van der Waals surface area contributed by atoms with Crippen molar-refractivity contribution in [1.82, 2.24) is 5.32 Å². The summed E-state index contributed by atoms with van der Waals surface area (Å²) in [7, 11) is 0. The maximum atomic E-state index is 11.8. The Bertz CT molecular complexity index is 320. The molecular weight excluding hydrogens is 232 g/mol. The van der Waals surface area contributed by atoms with E-state index >= 15 is 0 Å². The van der Waals surface area contributed by atoms with E-state index < -0.39 is 5.54 Å². The number of hydrogen-bond acceptors (Lipinski definition) is 3. The zero-order valence-corrected chi connectivity index (χ0v) is 11.9. The lowest BCUT2D eigenvalue weighted by molar-refractivity contribution is -0.119. The Balaban J connectivity index is 2.36. The lowest BCUT2D eigenvalue weighted by Crippen LogP contribution is -2.47. The fraction of sp³-hybridized carbons (Fsp3) is 0.846. The molecule has 1 aliphatic rings. The van der Waals surface area contributed by atoms with Crippen LogP contribution in [-0.4, -0.2) is 22.4 Å². The van der Waals surface area contributed by atoms with Gasteiger partial charge in [-0.2, -0.15) is 5.26 Å². The molecule has 1 fully saturated rings. The van der Waals surface area contributed by atoms with Crippen molar-refractivity contribution in [3.63, 3.8) is 0 Å². The molecule has 0 aromatic rings. The molecule has 1 saturated carbocycles. The van der Waals surface area contributed by atoms with Gasteiger partial charge in [-0.15, -0.1) is 11.8 Å². The number of amides is 1. The lowest BCUT2D eigenvalue weighted by atomic mass is 9.98. The smallest absolute Gasteiger partial charge is 0.231 e. The van der Waals surface area contributed by atoms with Crippen LogP contribution in [0.5, 0.6) is 0 Å². The first-order chi connectivity index (χ1) is 7.89. The van der Waals surface area contributed by atoms with Crippen molar-refractivity contribution in [3.8, 4) is 6.07 Å². The standard InChI is InChI=1S/C13H22N2OS/c1-9(2)10(3)17-7-12(16)15-13(4,8-14)11-5-6-11/h9-11H,5-7H2,1-4H3,(H,15,16)/t10-,13+/m0/s1. The highest BCUT2D eigenvalue weighted by molar-refractivity contribution is 8.00. The van der Waals surface area contributed by atoms with E-state index in [-0.39, 0.29) is 5.91 Å². The number of nitriles is 1. The van der Waals surface area contributed by atoms with E-state index in [1.54, 1.807) is 11.8 Å². The van der Waals surface area contributed by atoms with Crippen LogP contribution in [0, 0.1) is 23.2 Å². The average Bonchev–Trinajstić information content (AvgIpc) is 3.09. The summed E-state index contributed by atoms with van der Waals surface area (Å²) in [4.78, 5) is 11.8. The fourth-order valence-corrected chi connectivity index (χ4v) is 2.48. The highest BCUT2D eigenvalue weighted by Crippen LogP contribution is 2.39. The Labute approximate surface area is 108 Å². The maximum absolute atomic E-state index is 11.8. The second-order valence-electron chi connectivity index (χ2n) is 5.40. The highest BCUT2D eigenvalue weighted by atomic mass is 32.2. The fourth-order valence-electron chi connectivity index (χ4n) is 1.61. The van der Waals surface area contributed by atoms with E-state index in [9.17, 15) is 4.79 Å². The minimum Gasteiger partial charge on any atom is -0.337 e. The van der Waals surface area contributed by atoms with Crippen molar-refractivity contribution in [2.75, 3.05) is 5.75 Å². The molecule has 2 atom stereocenters. The summed E-state index contributed by atoms with van der Waals surface area (Å²) in [6.45, 7) is 8.27. The van der Waals surface area contributed by atoms with Gasteiger partial charge >= 0.3 is 0 Å². The Morgan fingerprint density at radius 1 is 1.53 bits per heavy atom. The van der Waals surface area contributed by atoms with Crippen LogP contribution in [0.2, 0.25) is 0 Å². The molecule has 1 aliphatic carbocycles. The molecule has 0 aromatic heterocycles. The van der Waals surface area contributed by atoms with Gasteiger partial charge in [0.15, 0.2) is 0 Å². The number of thioether (sulfide) groups is 1. The van der Waals surface area contributed by atoms with Gasteiger partial charge in [0, 0.05) is 5.25 Å². The van der Waals surface area contributed by atoms with Gasteiger partial charge in [0.2, 0.25) is 5.91 Å². The van der Waals surface area contributed by atoms with Gasteiger partial charge < -0.3 is 5.32 Å². The molecule has 0 unspecified atom stereocenters. The first-order valence-electron chi connectivity index (χ1n) is 6.23. The van der Waals surface area contributed by atoms with Crippen molar-refractivity contribution in [2.24, 2.45) is 11.8 Å². The van der Waals surface area contributed by atoms with Crippen LogP contribution in [0.25, 0.3) is 0 Å². The molecular formula is C13H22N2OS. The zero-order valence-electron chi connectivity index (χ0n) is 11.1. The third kappa shape index (κ3) is 4.23. The summed E-state index contributed by atoms with van der Waals surface area (Å²) in [5.41, 5.74) is -0.654. The first kappa shape index (κ1) is 14.4. The van der Waals surface area contributed by atoms with Crippen LogP contribution in [0.1, 0.15) is 40.5 Å². The summed E-state index contributed by atoms with van der Waals surface area (Å²) in [6.07, 6.45) is 2.11.